The smallest absolute Gasteiger partial charge is 0.0344 e. The van der Waals surface area contributed by atoms with Crippen molar-refractivity contribution in [1.29, 1.82) is 0 Å². The SMILES string of the molecule is CN1CCCN(C(C)(CN)Cc2ccc(Br)cc2)CC1. The van der Waals surface area contributed by atoms with Crippen molar-refractivity contribution in [3.63, 3.8) is 0 Å². The van der Waals surface area contributed by atoms with E-state index in [-0.39, 0.29) is 5.54 Å². The van der Waals surface area contributed by atoms with E-state index in [4.69, 9.17) is 5.73 Å². The van der Waals surface area contributed by atoms with E-state index in [1.54, 1.807) is 0 Å². The molecule has 3 nitrogen and oxygen atoms in total. The Labute approximate surface area is 131 Å². The third kappa shape index (κ3) is 4.04. The van der Waals surface area contributed by atoms with Gasteiger partial charge >= 0.3 is 0 Å². The highest BCUT2D eigenvalue weighted by Crippen LogP contribution is 2.22. The highest BCUT2D eigenvalue weighted by molar-refractivity contribution is 9.10. The van der Waals surface area contributed by atoms with Crippen LogP contribution in [0.2, 0.25) is 0 Å². The molecule has 1 fully saturated rings. The first-order valence-electron chi connectivity index (χ1n) is 7.41. The van der Waals surface area contributed by atoms with E-state index >= 15 is 0 Å². The van der Waals surface area contributed by atoms with Crippen molar-refractivity contribution in [2.75, 3.05) is 39.8 Å². The summed E-state index contributed by atoms with van der Waals surface area (Å²) < 4.78 is 1.13. The van der Waals surface area contributed by atoms with Crippen LogP contribution in [-0.2, 0) is 6.42 Å². The Balaban J connectivity index is 2.09. The molecule has 0 saturated carbocycles. The van der Waals surface area contributed by atoms with Gasteiger partial charge in [-0.2, -0.15) is 0 Å². The Morgan fingerprint density at radius 2 is 1.85 bits per heavy atom. The number of rotatable bonds is 4. The minimum Gasteiger partial charge on any atom is -0.329 e. The Hall–Kier alpha value is -0.420. The van der Waals surface area contributed by atoms with Gasteiger partial charge in [0.05, 0.1) is 0 Å². The van der Waals surface area contributed by atoms with Crippen LogP contribution in [0, 0.1) is 0 Å². The van der Waals surface area contributed by atoms with E-state index in [2.05, 4.69) is 64.0 Å². The van der Waals surface area contributed by atoms with E-state index < -0.39 is 0 Å². The van der Waals surface area contributed by atoms with Crippen LogP contribution in [0.3, 0.4) is 0 Å². The van der Waals surface area contributed by atoms with Crippen LogP contribution in [0.5, 0.6) is 0 Å². The molecule has 1 aromatic rings. The summed E-state index contributed by atoms with van der Waals surface area (Å²) in [5.74, 6) is 0. The molecule has 2 N–H and O–H groups in total. The normalized spacial score (nSPS) is 21.4. The zero-order valence-corrected chi connectivity index (χ0v) is 14.2. The van der Waals surface area contributed by atoms with Gasteiger partial charge in [0, 0.05) is 36.2 Å². The standard InChI is InChI=1S/C16H26BrN3/c1-16(13-18,12-14-4-6-15(17)7-5-14)20-9-3-8-19(2)10-11-20/h4-7H,3,8-13,18H2,1-2H3. The van der Waals surface area contributed by atoms with Gasteiger partial charge in [-0.3, -0.25) is 4.90 Å². The van der Waals surface area contributed by atoms with E-state index in [1.165, 1.54) is 18.5 Å². The minimum atomic E-state index is 0.0546. The highest BCUT2D eigenvalue weighted by atomic mass is 79.9. The van der Waals surface area contributed by atoms with Crippen LogP contribution in [0.1, 0.15) is 18.9 Å². The summed E-state index contributed by atoms with van der Waals surface area (Å²) in [6, 6.07) is 8.62. The molecule has 0 aliphatic carbocycles. The van der Waals surface area contributed by atoms with Crippen LogP contribution in [0.4, 0.5) is 0 Å². The molecule has 0 amide bonds. The number of hydrogen-bond donors (Lipinski definition) is 1. The third-order valence-electron chi connectivity index (χ3n) is 4.42. The first-order valence-corrected chi connectivity index (χ1v) is 8.21. The summed E-state index contributed by atoms with van der Waals surface area (Å²) in [7, 11) is 2.21. The molecule has 1 aromatic carbocycles. The Kier molecular flexibility index (Phi) is 5.61. The number of halogens is 1. The first-order chi connectivity index (χ1) is 9.53. The summed E-state index contributed by atoms with van der Waals surface area (Å²) in [4.78, 5) is 5.00. The van der Waals surface area contributed by atoms with Gasteiger partial charge in [-0.1, -0.05) is 28.1 Å². The van der Waals surface area contributed by atoms with Gasteiger partial charge in [0.25, 0.3) is 0 Å². The van der Waals surface area contributed by atoms with Gasteiger partial charge in [-0.05, 0) is 51.1 Å². The average molecular weight is 340 g/mol. The second-order valence-corrected chi connectivity index (χ2v) is 7.06. The largest absolute Gasteiger partial charge is 0.329 e. The van der Waals surface area contributed by atoms with Crippen molar-refractivity contribution in [1.82, 2.24) is 9.80 Å². The first kappa shape index (κ1) is 16.0. The van der Waals surface area contributed by atoms with Crippen molar-refractivity contribution in [2.45, 2.75) is 25.3 Å². The molecule has 0 radical (unpaired) electrons. The molecular formula is C16H26BrN3. The van der Waals surface area contributed by atoms with Crippen molar-refractivity contribution in [3.8, 4) is 0 Å². The van der Waals surface area contributed by atoms with Crippen molar-refractivity contribution in [3.05, 3.63) is 34.3 Å². The Bertz CT molecular complexity index is 420. The van der Waals surface area contributed by atoms with E-state index in [1.807, 2.05) is 0 Å². The summed E-state index contributed by atoms with van der Waals surface area (Å²) in [6.07, 6.45) is 2.24. The fourth-order valence-corrected chi connectivity index (χ4v) is 3.21. The minimum absolute atomic E-state index is 0.0546. The van der Waals surface area contributed by atoms with E-state index in [0.717, 1.165) is 30.5 Å². The molecule has 1 aliphatic rings. The molecule has 0 aromatic heterocycles. The molecular weight excluding hydrogens is 314 g/mol. The van der Waals surface area contributed by atoms with Crippen LogP contribution in [0.15, 0.2) is 28.7 Å². The third-order valence-corrected chi connectivity index (χ3v) is 4.95. The van der Waals surface area contributed by atoms with Crippen molar-refractivity contribution < 1.29 is 0 Å². The summed E-state index contributed by atoms with van der Waals surface area (Å²) in [6.45, 7) is 7.59. The van der Waals surface area contributed by atoms with Gasteiger partial charge < -0.3 is 10.6 Å². The molecule has 1 saturated heterocycles. The lowest BCUT2D eigenvalue weighted by atomic mass is 9.90. The van der Waals surface area contributed by atoms with Crippen molar-refractivity contribution in [2.24, 2.45) is 5.73 Å². The molecule has 0 spiro atoms. The predicted octanol–water partition coefficient (Wildman–Crippen LogP) is 2.35. The van der Waals surface area contributed by atoms with Gasteiger partial charge in [-0.15, -0.1) is 0 Å². The average Bonchev–Trinajstić information content (AvgIpc) is 2.66. The molecule has 1 atom stereocenters. The number of benzene rings is 1. The van der Waals surface area contributed by atoms with Gasteiger partial charge in [-0.25, -0.2) is 0 Å². The van der Waals surface area contributed by atoms with Gasteiger partial charge in [0.15, 0.2) is 0 Å². The topological polar surface area (TPSA) is 32.5 Å². The fraction of sp³-hybridized carbons (Fsp3) is 0.625. The molecule has 4 heteroatoms. The zero-order chi connectivity index (χ0) is 14.6. The molecule has 20 heavy (non-hydrogen) atoms. The van der Waals surface area contributed by atoms with Crippen LogP contribution in [-0.4, -0.2) is 55.1 Å². The molecule has 2 rings (SSSR count). The van der Waals surface area contributed by atoms with Crippen LogP contribution >= 0.6 is 15.9 Å². The quantitative estimate of drug-likeness (QED) is 0.913. The van der Waals surface area contributed by atoms with Gasteiger partial charge in [0.2, 0.25) is 0 Å². The second kappa shape index (κ2) is 7.03. The maximum atomic E-state index is 6.14. The maximum Gasteiger partial charge on any atom is 0.0344 e. The zero-order valence-electron chi connectivity index (χ0n) is 12.6. The predicted molar refractivity (Wildman–Crippen MR) is 89.0 cm³/mol. The number of likely N-dealkylation sites (N-methyl/N-ethyl adjacent to an activating group) is 1. The monoisotopic (exact) mass is 339 g/mol. The van der Waals surface area contributed by atoms with E-state index in [0.29, 0.717) is 6.54 Å². The summed E-state index contributed by atoms with van der Waals surface area (Å²) >= 11 is 3.50. The molecule has 1 aliphatic heterocycles. The van der Waals surface area contributed by atoms with Crippen LogP contribution in [0.25, 0.3) is 0 Å². The Morgan fingerprint density at radius 1 is 1.15 bits per heavy atom. The van der Waals surface area contributed by atoms with E-state index in [9.17, 15) is 0 Å². The Morgan fingerprint density at radius 3 is 2.50 bits per heavy atom. The second-order valence-electron chi connectivity index (χ2n) is 6.15. The maximum absolute atomic E-state index is 6.14. The fourth-order valence-electron chi connectivity index (χ4n) is 2.94. The molecule has 1 heterocycles. The number of hydrogen-bond acceptors (Lipinski definition) is 3. The molecule has 1 unspecified atom stereocenters. The lowest BCUT2D eigenvalue weighted by molar-refractivity contribution is 0.115. The van der Waals surface area contributed by atoms with Crippen LogP contribution < -0.4 is 5.73 Å². The lowest BCUT2D eigenvalue weighted by Gasteiger charge is -2.40. The number of nitrogens with zero attached hydrogens (tertiary/aromatic N) is 2. The lowest BCUT2D eigenvalue weighted by Crippen LogP contribution is -2.54. The van der Waals surface area contributed by atoms with Crippen molar-refractivity contribution >= 4 is 15.9 Å². The highest BCUT2D eigenvalue weighted by Gasteiger charge is 2.31. The molecule has 0 bridgehead atoms. The van der Waals surface area contributed by atoms with Gasteiger partial charge in [0.1, 0.15) is 0 Å². The molecule has 112 valence electrons. The summed E-state index contributed by atoms with van der Waals surface area (Å²) in [5.41, 5.74) is 7.55. The number of nitrogens with two attached hydrogens (primary N) is 1. The summed E-state index contributed by atoms with van der Waals surface area (Å²) in [5, 5.41) is 0.